The maximum Gasteiger partial charge on any atom is 0.270 e. The molecular formula is C16H10N4O3S2. The number of fused-ring (bicyclic) bond motifs is 1. The van der Waals surface area contributed by atoms with Crippen molar-refractivity contribution < 1.29 is 9.34 Å². The van der Waals surface area contributed by atoms with Gasteiger partial charge in [-0.05, 0) is 18.2 Å². The number of thioether (sulfide) groups is 1. The summed E-state index contributed by atoms with van der Waals surface area (Å²) in [5.74, 6) is 1.20. The number of para-hydroxylation sites is 1. The molecule has 4 aromatic rings. The Labute approximate surface area is 149 Å². The van der Waals surface area contributed by atoms with Crippen molar-refractivity contribution in [2.45, 2.75) is 10.1 Å². The molecule has 0 atom stereocenters. The average Bonchev–Trinajstić information content (AvgIpc) is 3.26. The van der Waals surface area contributed by atoms with E-state index in [4.69, 9.17) is 4.42 Å². The van der Waals surface area contributed by atoms with Gasteiger partial charge in [-0.1, -0.05) is 30.0 Å². The maximum atomic E-state index is 10.9. The van der Waals surface area contributed by atoms with E-state index in [1.807, 2.05) is 24.3 Å². The molecule has 0 spiro atoms. The van der Waals surface area contributed by atoms with Gasteiger partial charge in [0.25, 0.3) is 5.69 Å². The predicted molar refractivity (Wildman–Crippen MR) is 95.6 cm³/mol. The summed E-state index contributed by atoms with van der Waals surface area (Å²) in [6.07, 6.45) is 0. The molecule has 2 heterocycles. The van der Waals surface area contributed by atoms with Gasteiger partial charge in [0.1, 0.15) is 0 Å². The van der Waals surface area contributed by atoms with Gasteiger partial charge in [0.15, 0.2) is 4.34 Å². The van der Waals surface area contributed by atoms with E-state index in [9.17, 15) is 10.1 Å². The number of hydrogen-bond acceptors (Lipinski definition) is 8. The van der Waals surface area contributed by atoms with Gasteiger partial charge >= 0.3 is 0 Å². The first-order valence-electron chi connectivity index (χ1n) is 7.24. The first-order chi connectivity index (χ1) is 12.2. The van der Waals surface area contributed by atoms with E-state index in [0.29, 0.717) is 17.2 Å². The second-order valence-electron chi connectivity index (χ2n) is 5.04. The molecule has 9 heteroatoms. The summed E-state index contributed by atoms with van der Waals surface area (Å²) in [5.41, 5.74) is 1.48. The van der Waals surface area contributed by atoms with Crippen LogP contribution in [0, 0.1) is 10.1 Å². The fourth-order valence-corrected chi connectivity index (χ4v) is 4.12. The molecule has 0 fully saturated rings. The second kappa shape index (κ2) is 6.61. The summed E-state index contributed by atoms with van der Waals surface area (Å²) in [4.78, 5) is 14.9. The lowest BCUT2D eigenvalue weighted by Crippen LogP contribution is -1.88. The van der Waals surface area contributed by atoms with Crippen molar-refractivity contribution in [3.63, 3.8) is 0 Å². The minimum Gasteiger partial charge on any atom is -0.420 e. The number of aromatic nitrogens is 3. The first-order valence-corrected chi connectivity index (χ1v) is 9.05. The van der Waals surface area contributed by atoms with Gasteiger partial charge in [0.2, 0.25) is 11.8 Å². The van der Waals surface area contributed by atoms with E-state index in [1.165, 1.54) is 23.9 Å². The van der Waals surface area contributed by atoms with Crippen molar-refractivity contribution in [3.05, 3.63) is 64.5 Å². The number of thiazole rings is 1. The topological polar surface area (TPSA) is 95.0 Å². The molecule has 0 N–H and O–H groups in total. The lowest BCUT2D eigenvalue weighted by Gasteiger charge is -1.95. The second-order valence-corrected chi connectivity index (χ2v) is 7.30. The standard InChI is InChI=1S/C16H10N4O3S2/c21-20(22)11-5-3-4-10(8-11)15-19-18-14(23-15)9-24-16-17-12-6-1-2-7-13(12)25-16/h1-8H,9H2. The van der Waals surface area contributed by atoms with Gasteiger partial charge in [-0.3, -0.25) is 10.1 Å². The molecule has 0 bridgehead atoms. The zero-order valence-corrected chi connectivity index (χ0v) is 14.3. The number of nitrogens with zero attached hydrogens (tertiary/aromatic N) is 4. The van der Waals surface area contributed by atoms with E-state index in [-0.39, 0.29) is 11.6 Å². The first kappa shape index (κ1) is 15.7. The third kappa shape index (κ3) is 3.37. The summed E-state index contributed by atoms with van der Waals surface area (Å²) in [6, 6.07) is 14.1. The fourth-order valence-electron chi connectivity index (χ4n) is 2.22. The molecule has 0 radical (unpaired) electrons. The van der Waals surface area contributed by atoms with Crippen molar-refractivity contribution in [3.8, 4) is 11.5 Å². The van der Waals surface area contributed by atoms with Gasteiger partial charge in [-0.25, -0.2) is 4.98 Å². The number of nitro groups is 1. The molecule has 2 aromatic heterocycles. The van der Waals surface area contributed by atoms with Gasteiger partial charge in [-0.2, -0.15) is 0 Å². The minimum atomic E-state index is -0.455. The van der Waals surface area contributed by atoms with Gasteiger partial charge in [0, 0.05) is 17.7 Å². The number of benzene rings is 2. The van der Waals surface area contributed by atoms with E-state index < -0.39 is 4.92 Å². The highest BCUT2D eigenvalue weighted by Crippen LogP contribution is 2.31. The maximum absolute atomic E-state index is 10.9. The number of non-ortho nitro benzene ring substituents is 1. The normalized spacial score (nSPS) is 11.0. The van der Waals surface area contributed by atoms with Crippen LogP contribution in [0.2, 0.25) is 0 Å². The highest BCUT2D eigenvalue weighted by molar-refractivity contribution is 8.00. The van der Waals surface area contributed by atoms with Crippen molar-refractivity contribution >= 4 is 39.0 Å². The monoisotopic (exact) mass is 370 g/mol. The molecule has 0 saturated heterocycles. The van der Waals surface area contributed by atoms with Crippen LogP contribution in [0.4, 0.5) is 5.69 Å². The van der Waals surface area contributed by atoms with Crippen LogP contribution in [0.1, 0.15) is 5.89 Å². The Balaban J connectivity index is 1.49. The van der Waals surface area contributed by atoms with Crippen LogP contribution < -0.4 is 0 Å². The zero-order chi connectivity index (χ0) is 17.2. The average molecular weight is 370 g/mol. The minimum absolute atomic E-state index is 0.0129. The Morgan fingerprint density at radius 3 is 2.88 bits per heavy atom. The Morgan fingerprint density at radius 1 is 1.16 bits per heavy atom. The number of rotatable bonds is 5. The van der Waals surface area contributed by atoms with Crippen LogP contribution in [-0.2, 0) is 5.75 Å². The van der Waals surface area contributed by atoms with Crippen LogP contribution >= 0.6 is 23.1 Å². The third-order valence-electron chi connectivity index (χ3n) is 3.36. The van der Waals surface area contributed by atoms with E-state index >= 15 is 0 Å². The van der Waals surface area contributed by atoms with Crippen molar-refractivity contribution in [2.24, 2.45) is 0 Å². The molecule has 25 heavy (non-hydrogen) atoms. The quantitative estimate of drug-likeness (QED) is 0.289. The summed E-state index contributed by atoms with van der Waals surface area (Å²) >= 11 is 3.13. The highest BCUT2D eigenvalue weighted by Gasteiger charge is 2.13. The zero-order valence-electron chi connectivity index (χ0n) is 12.7. The van der Waals surface area contributed by atoms with Crippen LogP contribution in [0.3, 0.4) is 0 Å². The van der Waals surface area contributed by atoms with Crippen LogP contribution in [0.5, 0.6) is 0 Å². The molecule has 0 aliphatic heterocycles. The number of hydrogen-bond donors (Lipinski definition) is 0. The largest absolute Gasteiger partial charge is 0.420 e. The molecule has 2 aromatic carbocycles. The third-order valence-corrected chi connectivity index (χ3v) is 5.53. The smallest absolute Gasteiger partial charge is 0.270 e. The Kier molecular flexibility index (Phi) is 4.16. The van der Waals surface area contributed by atoms with Gasteiger partial charge < -0.3 is 4.42 Å². The lowest BCUT2D eigenvalue weighted by molar-refractivity contribution is -0.384. The van der Waals surface area contributed by atoms with E-state index in [2.05, 4.69) is 15.2 Å². The SMILES string of the molecule is O=[N+]([O-])c1cccc(-c2nnc(CSc3nc4ccccc4s3)o2)c1. The summed E-state index contributed by atoms with van der Waals surface area (Å²) in [7, 11) is 0. The molecule has 0 aliphatic carbocycles. The van der Waals surface area contributed by atoms with Gasteiger partial charge in [0.05, 0.1) is 20.9 Å². The van der Waals surface area contributed by atoms with Crippen molar-refractivity contribution in [1.29, 1.82) is 0 Å². The molecule has 0 amide bonds. The Hall–Kier alpha value is -2.78. The molecular weight excluding hydrogens is 360 g/mol. The predicted octanol–water partition coefficient (Wildman–Crippen LogP) is 4.55. The highest BCUT2D eigenvalue weighted by atomic mass is 32.2. The summed E-state index contributed by atoms with van der Waals surface area (Å²) in [5, 5.41) is 18.8. The van der Waals surface area contributed by atoms with Crippen LogP contribution in [0.25, 0.3) is 21.7 Å². The lowest BCUT2D eigenvalue weighted by atomic mass is 10.2. The number of nitro benzene ring substituents is 1. The molecule has 4 rings (SSSR count). The Bertz CT molecular complexity index is 1030. The summed E-state index contributed by atoms with van der Waals surface area (Å²) in [6.45, 7) is 0. The molecule has 0 unspecified atom stereocenters. The molecule has 0 aliphatic rings. The van der Waals surface area contributed by atoms with Crippen LogP contribution in [0.15, 0.2) is 57.3 Å². The summed E-state index contributed by atoms with van der Waals surface area (Å²) < 4.78 is 7.67. The van der Waals surface area contributed by atoms with E-state index in [1.54, 1.807) is 23.5 Å². The van der Waals surface area contributed by atoms with Crippen molar-refractivity contribution in [2.75, 3.05) is 0 Å². The fraction of sp³-hybridized carbons (Fsp3) is 0.0625. The Morgan fingerprint density at radius 2 is 2.04 bits per heavy atom. The van der Waals surface area contributed by atoms with E-state index in [0.717, 1.165) is 14.6 Å². The molecule has 7 nitrogen and oxygen atoms in total. The van der Waals surface area contributed by atoms with Crippen molar-refractivity contribution in [1.82, 2.24) is 15.2 Å². The van der Waals surface area contributed by atoms with Gasteiger partial charge in [-0.15, -0.1) is 21.5 Å². The molecule has 124 valence electrons. The van der Waals surface area contributed by atoms with Crippen LogP contribution in [-0.4, -0.2) is 20.1 Å². The molecule has 0 saturated carbocycles.